The molecule has 0 spiro atoms. The smallest absolute Gasteiger partial charge is 0.258 e. The first-order valence-corrected chi connectivity index (χ1v) is 7.98. The Balaban J connectivity index is 1.59. The van der Waals surface area contributed by atoms with Crippen LogP contribution in [0.1, 0.15) is 18.0 Å². The quantitative estimate of drug-likeness (QED) is 0.904. The predicted octanol–water partition coefficient (Wildman–Crippen LogP) is 4.01. The summed E-state index contributed by atoms with van der Waals surface area (Å²) in [6.45, 7) is 0.493. The molecular formula is C17H15Cl2NO3. The fourth-order valence-corrected chi connectivity index (χ4v) is 2.73. The summed E-state index contributed by atoms with van der Waals surface area (Å²) in [4.78, 5) is 12.1. The van der Waals surface area contributed by atoms with Crippen LogP contribution >= 0.6 is 23.2 Å². The largest absolute Gasteiger partial charge is 0.493 e. The van der Waals surface area contributed by atoms with E-state index in [-0.39, 0.29) is 18.6 Å². The van der Waals surface area contributed by atoms with Gasteiger partial charge in [-0.25, -0.2) is 0 Å². The zero-order valence-corrected chi connectivity index (χ0v) is 13.7. The summed E-state index contributed by atoms with van der Waals surface area (Å²) in [6, 6.07) is 12.5. The molecule has 0 aliphatic carbocycles. The highest BCUT2D eigenvalue weighted by molar-refractivity contribution is 6.42. The van der Waals surface area contributed by atoms with Crippen molar-refractivity contribution >= 4 is 29.1 Å². The number of hydrogen-bond acceptors (Lipinski definition) is 3. The Morgan fingerprint density at radius 3 is 2.87 bits per heavy atom. The summed E-state index contributed by atoms with van der Waals surface area (Å²) in [5, 5.41) is 3.81. The summed E-state index contributed by atoms with van der Waals surface area (Å²) < 4.78 is 11.0. The van der Waals surface area contributed by atoms with E-state index < -0.39 is 0 Å². The van der Waals surface area contributed by atoms with Crippen LogP contribution < -0.4 is 14.8 Å². The molecule has 3 rings (SSSR count). The van der Waals surface area contributed by atoms with Crippen LogP contribution in [0.2, 0.25) is 10.0 Å². The van der Waals surface area contributed by atoms with Crippen molar-refractivity contribution in [1.82, 2.24) is 5.32 Å². The Hall–Kier alpha value is -1.91. The van der Waals surface area contributed by atoms with Gasteiger partial charge in [0.2, 0.25) is 0 Å². The van der Waals surface area contributed by atoms with E-state index in [0.717, 1.165) is 17.7 Å². The van der Waals surface area contributed by atoms with Crippen LogP contribution in [0, 0.1) is 0 Å². The fourth-order valence-electron chi connectivity index (χ4n) is 2.44. The highest BCUT2D eigenvalue weighted by Crippen LogP contribution is 2.31. The van der Waals surface area contributed by atoms with E-state index in [0.29, 0.717) is 22.4 Å². The minimum Gasteiger partial charge on any atom is -0.493 e. The Morgan fingerprint density at radius 2 is 2.04 bits per heavy atom. The molecule has 0 saturated heterocycles. The van der Waals surface area contributed by atoms with Gasteiger partial charge in [-0.3, -0.25) is 4.79 Å². The van der Waals surface area contributed by atoms with Crippen molar-refractivity contribution in [2.24, 2.45) is 0 Å². The second kappa shape index (κ2) is 7.11. The number of nitrogens with one attached hydrogen (secondary N) is 1. The highest BCUT2D eigenvalue weighted by atomic mass is 35.5. The maximum Gasteiger partial charge on any atom is 0.258 e. The van der Waals surface area contributed by atoms with Crippen molar-refractivity contribution in [1.29, 1.82) is 0 Å². The summed E-state index contributed by atoms with van der Waals surface area (Å²) in [6.07, 6.45) is 0.732. The van der Waals surface area contributed by atoms with Crippen molar-refractivity contribution in [3.05, 3.63) is 58.1 Å². The van der Waals surface area contributed by atoms with Crippen molar-refractivity contribution in [2.75, 3.05) is 13.2 Å². The van der Waals surface area contributed by atoms with Crippen LogP contribution in [0.15, 0.2) is 42.5 Å². The van der Waals surface area contributed by atoms with Gasteiger partial charge in [-0.1, -0.05) is 41.4 Å². The molecule has 6 heteroatoms. The monoisotopic (exact) mass is 351 g/mol. The van der Waals surface area contributed by atoms with Crippen molar-refractivity contribution in [3.63, 3.8) is 0 Å². The summed E-state index contributed by atoms with van der Waals surface area (Å²) in [7, 11) is 0. The fraction of sp³-hybridized carbons (Fsp3) is 0.235. The van der Waals surface area contributed by atoms with Gasteiger partial charge in [0.15, 0.2) is 6.61 Å². The first kappa shape index (κ1) is 16.0. The molecule has 0 bridgehead atoms. The molecule has 4 nitrogen and oxygen atoms in total. The molecule has 0 fully saturated rings. The van der Waals surface area contributed by atoms with Crippen LogP contribution in [0.3, 0.4) is 0 Å². The van der Waals surface area contributed by atoms with Crippen LogP contribution in [0.5, 0.6) is 11.5 Å². The van der Waals surface area contributed by atoms with Gasteiger partial charge in [0.05, 0.1) is 22.7 Å². The maximum absolute atomic E-state index is 12.1. The Labute approximate surface area is 144 Å². The number of hydrogen-bond donors (Lipinski definition) is 1. The molecule has 1 aliphatic rings. The van der Waals surface area contributed by atoms with E-state index in [1.165, 1.54) is 0 Å². The number of benzene rings is 2. The molecule has 1 N–H and O–H groups in total. The molecule has 1 amide bonds. The number of ether oxygens (including phenoxy) is 2. The molecular weight excluding hydrogens is 337 g/mol. The zero-order valence-electron chi connectivity index (χ0n) is 12.2. The topological polar surface area (TPSA) is 47.6 Å². The molecule has 0 saturated carbocycles. The SMILES string of the molecule is O=C(COc1ccc(Cl)c(Cl)c1)NC1CCOc2ccccc21. The molecule has 1 heterocycles. The lowest BCUT2D eigenvalue weighted by Crippen LogP contribution is -2.35. The number of rotatable bonds is 4. The van der Waals surface area contributed by atoms with Crippen LogP contribution in [0.4, 0.5) is 0 Å². The molecule has 1 aliphatic heterocycles. The van der Waals surface area contributed by atoms with Crippen molar-refractivity contribution in [2.45, 2.75) is 12.5 Å². The summed E-state index contributed by atoms with van der Waals surface area (Å²) >= 11 is 11.8. The van der Waals surface area contributed by atoms with Crippen molar-refractivity contribution < 1.29 is 14.3 Å². The van der Waals surface area contributed by atoms with Gasteiger partial charge in [-0.2, -0.15) is 0 Å². The van der Waals surface area contributed by atoms with Gasteiger partial charge < -0.3 is 14.8 Å². The summed E-state index contributed by atoms with van der Waals surface area (Å²) in [5.74, 6) is 1.12. The predicted molar refractivity (Wildman–Crippen MR) is 89.4 cm³/mol. The lowest BCUT2D eigenvalue weighted by atomic mass is 10.0. The third-order valence-corrected chi connectivity index (χ3v) is 4.29. The number of para-hydroxylation sites is 1. The Kier molecular flexibility index (Phi) is 4.94. The van der Waals surface area contributed by atoms with Gasteiger partial charge in [-0.05, 0) is 18.2 Å². The van der Waals surface area contributed by atoms with Gasteiger partial charge in [0, 0.05) is 18.1 Å². The number of amides is 1. The molecule has 2 aromatic rings. The van der Waals surface area contributed by atoms with Crippen LogP contribution in [-0.2, 0) is 4.79 Å². The third kappa shape index (κ3) is 3.89. The molecule has 2 aromatic carbocycles. The van der Waals surface area contributed by atoms with Crippen molar-refractivity contribution in [3.8, 4) is 11.5 Å². The van der Waals surface area contributed by atoms with Gasteiger partial charge in [0.1, 0.15) is 11.5 Å². The van der Waals surface area contributed by atoms with E-state index in [1.807, 2.05) is 24.3 Å². The van der Waals surface area contributed by atoms with E-state index >= 15 is 0 Å². The average molecular weight is 352 g/mol. The van der Waals surface area contributed by atoms with E-state index in [9.17, 15) is 4.79 Å². The lowest BCUT2D eigenvalue weighted by molar-refractivity contribution is -0.124. The summed E-state index contributed by atoms with van der Waals surface area (Å²) in [5.41, 5.74) is 0.988. The first-order valence-electron chi connectivity index (χ1n) is 7.22. The highest BCUT2D eigenvalue weighted by Gasteiger charge is 2.22. The van der Waals surface area contributed by atoms with E-state index in [4.69, 9.17) is 32.7 Å². The Morgan fingerprint density at radius 1 is 1.22 bits per heavy atom. The molecule has 0 aromatic heterocycles. The number of carbonyl (C=O) groups excluding carboxylic acids is 1. The number of halogens is 2. The van der Waals surface area contributed by atoms with E-state index in [2.05, 4.69) is 5.32 Å². The van der Waals surface area contributed by atoms with Crippen LogP contribution in [-0.4, -0.2) is 19.1 Å². The molecule has 1 atom stereocenters. The van der Waals surface area contributed by atoms with Gasteiger partial charge >= 0.3 is 0 Å². The standard InChI is InChI=1S/C17H15Cl2NO3/c18-13-6-5-11(9-14(13)19)23-10-17(21)20-15-7-8-22-16-4-2-1-3-12(15)16/h1-6,9,15H,7-8,10H2,(H,20,21). The number of fused-ring (bicyclic) bond motifs is 1. The van der Waals surface area contributed by atoms with Gasteiger partial charge in [-0.15, -0.1) is 0 Å². The minimum atomic E-state index is -0.197. The van der Waals surface area contributed by atoms with E-state index in [1.54, 1.807) is 18.2 Å². The molecule has 120 valence electrons. The maximum atomic E-state index is 12.1. The third-order valence-electron chi connectivity index (χ3n) is 3.55. The second-order valence-electron chi connectivity index (χ2n) is 5.16. The molecule has 1 unspecified atom stereocenters. The normalized spacial score (nSPS) is 16.2. The minimum absolute atomic E-state index is 0.0649. The van der Waals surface area contributed by atoms with Crippen LogP contribution in [0.25, 0.3) is 0 Å². The lowest BCUT2D eigenvalue weighted by Gasteiger charge is -2.26. The second-order valence-corrected chi connectivity index (χ2v) is 5.97. The molecule has 23 heavy (non-hydrogen) atoms. The first-order chi connectivity index (χ1) is 11.1. The Bertz CT molecular complexity index is 721. The number of carbonyl (C=O) groups is 1. The zero-order chi connectivity index (χ0) is 16.2. The molecule has 0 radical (unpaired) electrons. The van der Waals surface area contributed by atoms with Gasteiger partial charge in [0.25, 0.3) is 5.91 Å². The average Bonchev–Trinajstić information content (AvgIpc) is 2.56.